The predicted molar refractivity (Wildman–Crippen MR) is 20.4 cm³/mol. The fraction of sp³-hybridized carbons (Fsp3) is 0. The normalized spacial score (nSPS) is 10.9. The molecule has 0 radical (unpaired) electrons. The van der Waals surface area contributed by atoms with E-state index in [0.29, 0.717) is 0 Å². The Hall–Kier alpha value is 0.0634. The van der Waals surface area contributed by atoms with Gasteiger partial charge in [-0.3, -0.25) is 0 Å². The van der Waals surface area contributed by atoms with Crippen molar-refractivity contribution < 1.29 is 51.0 Å². The molecule has 0 rings (SSSR count). The van der Waals surface area contributed by atoms with Gasteiger partial charge in [0.25, 0.3) is 0 Å². The molecule has 0 nitrogen and oxygen atoms in total. The van der Waals surface area contributed by atoms with Crippen LogP contribution in [0.25, 0.3) is 0 Å². The molecule has 0 aliphatic heterocycles. The fourth-order valence-electron chi connectivity index (χ4n) is 0. The van der Waals surface area contributed by atoms with Crippen LogP contribution in [-0.4, -0.2) is 14.5 Å². The second-order valence-corrected chi connectivity index (χ2v) is 0.990. The Morgan fingerprint density at radius 2 is 0.455 bits per heavy atom. The predicted octanol–water partition coefficient (Wildman–Crippen LogP) is 2.60. The van der Waals surface area contributed by atoms with Gasteiger partial charge in [-0.25, -0.2) is 0 Å². The van der Waals surface area contributed by atoms with E-state index >= 15 is 0 Å². The molecule has 11 heteroatoms. The molecule has 0 bridgehead atoms. The van der Waals surface area contributed by atoms with Crippen molar-refractivity contribution in [3.63, 3.8) is 0 Å². The van der Waals surface area contributed by atoms with Gasteiger partial charge in [-0.2, -0.15) is 0 Å². The zero-order valence-electron chi connectivity index (χ0n) is 4.49. The van der Waals surface area contributed by atoms with Gasteiger partial charge in [0.15, 0.2) is 0 Å². The zero-order valence-corrected chi connectivity index (χ0v) is 5.48. The van der Waals surface area contributed by atoms with E-state index < -0.39 is 14.5 Å². The molecule has 11 heavy (non-hydrogen) atoms. The molecule has 0 aromatic carbocycles. The van der Waals surface area contributed by atoms with Crippen LogP contribution >= 0.6 is 0 Å². The first-order chi connectivity index (χ1) is 4.00. The fourth-order valence-corrected chi connectivity index (χ4v) is 0. The smallest absolute Gasteiger partial charge is 0.418 e. The van der Waals surface area contributed by atoms with E-state index in [-0.39, 0.29) is 16.5 Å². The maximum atomic E-state index is 9.75. The van der Waals surface area contributed by atoms with Crippen molar-refractivity contribution in [3.05, 3.63) is 0 Å². The average molecular weight is 232 g/mol. The first kappa shape index (κ1) is 17.2. The van der Waals surface area contributed by atoms with Crippen LogP contribution in [0, 0.1) is 0 Å². The van der Waals surface area contributed by atoms with Crippen molar-refractivity contribution >= 4 is 14.5 Å². The van der Waals surface area contributed by atoms with Crippen molar-refractivity contribution in [1.29, 1.82) is 0 Å². The molecule has 0 aromatic rings. The largest absolute Gasteiger partial charge is 2.00 e. The van der Waals surface area contributed by atoms with Crippen molar-refractivity contribution in [2.45, 2.75) is 0 Å². The molecule has 0 aliphatic carbocycles. The molecule has 0 aliphatic rings. The summed E-state index contributed by atoms with van der Waals surface area (Å²) >= 11 is 0. The van der Waals surface area contributed by atoms with Crippen LogP contribution in [-0.2, 0) is 16.5 Å². The van der Waals surface area contributed by atoms with Crippen molar-refractivity contribution in [2.24, 2.45) is 0 Å². The molecule has 0 heterocycles. The van der Waals surface area contributed by atoms with Gasteiger partial charge in [-0.05, 0) is 0 Å². The first-order valence-electron chi connectivity index (χ1n) is 1.75. The van der Waals surface area contributed by atoms with Crippen LogP contribution in [0.3, 0.4) is 0 Å². The molecule has 0 saturated heterocycles. The second-order valence-electron chi connectivity index (χ2n) is 0.990. The third-order valence-electron chi connectivity index (χ3n) is 0. The summed E-state index contributed by atoms with van der Waals surface area (Å²) in [4.78, 5) is 0. The molecule has 0 atom stereocenters. The minimum Gasteiger partial charge on any atom is -0.418 e. The van der Waals surface area contributed by atoms with Crippen molar-refractivity contribution in [2.75, 3.05) is 0 Å². The Labute approximate surface area is 66.5 Å². The molecular formula is B2F8Ni. The molecular weight excluding hydrogens is 232 g/mol. The molecule has 0 spiro atoms. The third-order valence-corrected chi connectivity index (χ3v) is 0. The van der Waals surface area contributed by atoms with E-state index in [9.17, 15) is 34.5 Å². The Bertz CT molecular complexity index is 55.1. The number of rotatable bonds is 0. The monoisotopic (exact) mass is 232 g/mol. The molecule has 0 saturated carbocycles. The van der Waals surface area contributed by atoms with Crippen LogP contribution < -0.4 is 0 Å². The SMILES string of the molecule is F[B-](F)(F)F.F[B-](F)(F)F.[Ni+2]. The maximum Gasteiger partial charge on any atom is 2.00 e. The number of hydrogen-bond donors (Lipinski definition) is 0. The van der Waals surface area contributed by atoms with E-state index in [1.807, 2.05) is 0 Å². The molecule has 0 amide bonds. The van der Waals surface area contributed by atoms with Crippen LogP contribution in [0.15, 0.2) is 0 Å². The minimum atomic E-state index is -6.00. The zero-order chi connectivity index (χ0) is 9.00. The summed E-state index contributed by atoms with van der Waals surface area (Å²) in [5.41, 5.74) is 0. The summed E-state index contributed by atoms with van der Waals surface area (Å²) in [5, 5.41) is 0. The molecule has 0 N–H and O–H groups in total. The summed E-state index contributed by atoms with van der Waals surface area (Å²) in [6, 6.07) is 0. The second kappa shape index (κ2) is 5.68. The Kier molecular flexibility index (Phi) is 8.90. The topological polar surface area (TPSA) is 0 Å². The molecule has 0 aromatic heterocycles. The summed E-state index contributed by atoms with van der Waals surface area (Å²) in [6.45, 7) is 0. The third kappa shape index (κ3) is 163000. The number of halogens is 8. The van der Waals surface area contributed by atoms with E-state index in [2.05, 4.69) is 0 Å². The van der Waals surface area contributed by atoms with Gasteiger partial charge in [0.05, 0.1) is 0 Å². The van der Waals surface area contributed by atoms with Crippen LogP contribution in [0.4, 0.5) is 34.5 Å². The summed E-state index contributed by atoms with van der Waals surface area (Å²) in [6.07, 6.45) is 0. The van der Waals surface area contributed by atoms with Gasteiger partial charge < -0.3 is 34.5 Å². The quantitative estimate of drug-likeness (QED) is 0.445. The van der Waals surface area contributed by atoms with Crippen molar-refractivity contribution in [1.82, 2.24) is 0 Å². The number of hydrogen-bond acceptors (Lipinski definition) is 0. The van der Waals surface area contributed by atoms with Gasteiger partial charge in [-0.15, -0.1) is 0 Å². The van der Waals surface area contributed by atoms with Gasteiger partial charge in [0.2, 0.25) is 0 Å². The standard InChI is InChI=1S/2BF4.Ni/c2*2-1(3,4)5;/q2*-1;+2. The summed E-state index contributed by atoms with van der Waals surface area (Å²) < 4.78 is 78.0. The Morgan fingerprint density at radius 1 is 0.455 bits per heavy atom. The van der Waals surface area contributed by atoms with Gasteiger partial charge in [0, 0.05) is 0 Å². The van der Waals surface area contributed by atoms with E-state index in [0.717, 1.165) is 0 Å². The van der Waals surface area contributed by atoms with Crippen molar-refractivity contribution in [3.8, 4) is 0 Å². The van der Waals surface area contributed by atoms with Crippen LogP contribution in [0.2, 0.25) is 0 Å². The minimum absolute atomic E-state index is 0. The van der Waals surface area contributed by atoms with E-state index in [1.54, 1.807) is 0 Å². The van der Waals surface area contributed by atoms with Gasteiger partial charge >= 0.3 is 31.0 Å². The van der Waals surface area contributed by atoms with Crippen LogP contribution in [0.5, 0.6) is 0 Å². The molecule has 0 unspecified atom stereocenters. The van der Waals surface area contributed by atoms with E-state index in [4.69, 9.17) is 0 Å². The Balaban J connectivity index is -0.000000107. The Morgan fingerprint density at radius 3 is 0.455 bits per heavy atom. The summed E-state index contributed by atoms with van der Waals surface area (Å²) in [5.74, 6) is 0. The molecule has 72 valence electrons. The average Bonchev–Trinajstić information content (AvgIpc) is 1.12. The summed E-state index contributed by atoms with van der Waals surface area (Å²) in [7, 11) is -12.0. The van der Waals surface area contributed by atoms with E-state index in [1.165, 1.54) is 0 Å². The van der Waals surface area contributed by atoms with Crippen LogP contribution in [0.1, 0.15) is 0 Å². The first-order valence-corrected chi connectivity index (χ1v) is 1.75. The maximum absolute atomic E-state index is 9.75. The van der Waals surface area contributed by atoms with Gasteiger partial charge in [0.1, 0.15) is 0 Å². The van der Waals surface area contributed by atoms with Gasteiger partial charge in [-0.1, -0.05) is 0 Å². The molecule has 0 fully saturated rings.